The van der Waals surface area contributed by atoms with Gasteiger partial charge in [-0.1, -0.05) is 30.7 Å². The molecule has 0 heterocycles. The number of carbonyl (C=O) groups is 2. The first-order valence-electron chi connectivity index (χ1n) is 6.68. The molecule has 0 amide bonds. The maximum atomic E-state index is 12.2. The molecule has 0 aliphatic heterocycles. The maximum absolute atomic E-state index is 12.2. The van der Waals surface area contributed by atoms with Crippen molar-refractivity contribution in [3.8, 4) is 0 Å². The highest BCUT2D eigenvalue weighted by atomic mass is 16.1. The Hall–Kier alpha value is -1.70. The van der Waals surface area contributed by atoms with Crippen LogP contribution in [0.5, 0.6) is 0 Å². The lowest BCUT2D eigenvalue weighted by Crippen LogP contribution is -2.02. The zero-order valence-electron chi connectivity index (χ0n) is 12.2. The van der Waals surface area contributed by atoms with Crippen LogP contribution in [0.15, 0.2) is 24.3 Å². The van der Waals surface area contributed by atoms with Crippen LogP contribution in [0.25, 0.3) is 0 Å². The molecular weight excluding hydrogens is 236 g/mol. The van der Waals surface area contributed by atoms with Crippen molar-refractivity contribution >= 4 is 12.1 Å². The van der Waals surface area contributed by atoms with Crippen LogP contribution in [0.1, 0.15) is 46.8 Å². The first-order valence-corrected chi connectivity index (χ1v) is 6.68. The standard InChI is InChI=1S/C17H22O2/c1-12(8-9-18)6-5-7-16(19)17-14(3)10-13(2)11-15(17)4/h5,7,9-12H,6,8H2,1-4H3/b7-5+/t12-/m0/s1. The van der Waals surface area contributed by atoms with Gasteiger partial charge in [-0.05, 0) is 50.3 Å². The number of benzene rings is 1. The summed E-state index contributed by atoms with van der Waals surface area (Å²) in [6, 6.07) is 4.06. The van der Waals surface area contributed by atoms with Crippen LogP contribution in [-0.4, -0.2) is 12.1 Å². The van der Waals surface area contributed by atoms with E-state index in [-0.39, 0.29) is 5.78 Å². The van der Waals surface area contributed by atoms with Crippen LogP contribution in [0.4, 0.5) is 0 Å². The summed E-state index contributed by atoms with van der Waals surface area (Å²) in [5.74, 6) is 0.343. The highest BCUT2D eigenvalue weighted by Crippen LogP contribution is 2.17. The van der Waals surface area contributed by atoms with Gasteiger partial charge in [-0.25, -0.2) is 0 Å². The number of aryl methyl sites for hydroxylation is 3. The number of allylic oxidation sites excluding steroid dienone is 2. The molecule has 1 atom stereocenters. The van der Waals surface area contributed by atoms with E-state index in [4.69, 9.17) is 0 Å². The molecule has 0 aliphatic carbocycles. The molecule has 0 aliphatic rings. The number of carbonyl (C=O) groups excluding carboxylic acids is 2. The van der Waals surface area contributed by atoms with Crippen LogP contribution < -0.4 is 0 Å². The highest BCUT2D eigenvalue weighted by molar-refractivity contribution is 6.06. The average molecular weight is 258 g/mol. The van der Waals surface area contributed by atoms with Gasteiger partial charge >= 0.3 is 0 Å². The topological polar surface area (TPSA) is 34.1 Å². The summed E-state index contributed by atoms with van der Waals surface area (Å²) in [7, 11) is 0. The zero-order valence-corrected chi connectivity index (χ0v) is 12.2. The van der Waals surface area contributed by atoms with Gasteiger partial charge in [0, 0.05) is 12.0 Å². The van der Waals surface area contributed by atoms with E-state index in [1.54, 1.807) is 6.08 Å². The first-order chi connectivity index (χ1) is 8.95. The van der Waals surface area contributed by atoms with Gasteiger partial charge in [0.25, 0.3) is 0 Å². The second-order valence-corrected chi connectivity index (χ2v) is 5.28. The van der Waals surface area contributed by atoms with Crippen LogP contribution in [0.3, 0.4) is 0 Å². The summed E-state index contributed by atoms with van der Waals surface area (Å²) in [5.41, 5.74) is 4.02. The van der Waals surface area contributed by atoms with Gasteiger partial charge < -0.3 is 4.79 Å². The van der Waals surface area contributed by atoms with Crippen molar-refractivity contribution < 1.29 is 9.59 Å². The van der Waals surface area contributed by atoms with Crippen LogP contribution in [0, 0.1) is 26.7 Å². The van der Waals surface area contributed by atoms with Crippen molar-refractivity contribution in [3.63, 3.8) is 0 Å². The fourth-order valence-corrected chi connectivity index (χ4v) is 2.32. The van der Waals surface area contributed by atoms with E-state index in [2.05, 4.69) is 0 Å². The molecule has 0 saturated heterocycles. The highest BCUT2D eigenvalue weighted by Gasteiger charge is 2.10. The minimum Gasteiger partial charge on any atom is -0.303 e. The van der Waals surface area contributed by atoms with Crippen LogP contribution >= 0.6 is 0 Å². The fourth-order valence-electron chi connectivity index (χ4n) is 2.32. The monoisotopic (exact) mass is 258 g/mol. The van der Waals surface area contributed by atoms with Gasteiger partial charge in [0.1, 0.15) is 6.29 Å². The quantitative estimate of drug-likeness (QED) is 0.439. The van der Waals surface area contributed by atoms with Crippen molar-refractivity contribution in [1.29, 1.82) is 0 Å². The van der Waals surface area contributed by atoms with Crippen molar-refractivity contribution in [2.24, 2.45) is 5.92 Å². The molecule has 2 heteroatoms. The zero-order chi connectivity index (χ0) is 14.4. The molecule has 2 nitrogen and oxygen atoms in total. The number of hydrogen-bond donors (Lipinski definition) is 0. The minimum absolute atomic E-state index is 0.0494. The van der Waals surface area contributed by atoms with Gasteiger partial charge in [0.2, 0.25) is 0 Å². The number of ketones is 1. The predicted octanol–water partition coefficient (Wildman–Crippen LogP) is 3.97. The summed E-state index contributed by atoms with van der Waals surface area (Å²) in [5, 5.41) is 0. The Bertz CT molecular complexity index is 475. The molecule has 0 bridgehead atoms. The van der Waals surface area contributed by atoms with E-state index in [1.807, 2.05) is 45.9 Å². The lowest BCUT2D eigenvalue weighted by Gasteiger charge is -2.08. The second kappa shape index (κ2) is 7.03. The summed E-state index contributed by atoms with van der Waals surface area (Å²) in [6.45, 7) is 7.98. The van der Waals surface area contributed by atoms with E-state index in [0.29, 0.717) is 12.3 Å². The molecule has 1 aromatic rings. The van der Waals surface area contributed by atoms with Crippen LogP contribution in [0.2, 0.25) is 0 Å². The smallest absolute Gasteiger partial charge is 0.186 e. The molecule has 0 fully saturated rings. The average Bonchev–Trinajstić information content (AvgIpc) is 2.27. The second-order valence-electron chi connectivity index (χ2n) is 5.28. The molecule has 1 rings (SSSR count). The largest absolute Gasteiger partial charge is 0.303 e. The fraction of sp³-hybridized carbons (Fsp3) is 0.412. The van der Waals surface area contributed by atoms with E-state index in [9.17, 15) is 9.59 Å². The molecule has 102 valence electrons. The molecule has 1 aromatic carbocycles. The van der Waals surface area contributed by atoms with E-state index in [1.165, 1.54) is 5.56 Å². The van der Waals surface area contributed by atoms with Gasteiger partial charge in [-0.2, -0.15) is 0 Å². The number of rotatable bonds is 6. The molecule has 0 unspecified atom stereocenters. The summed E-state index contributed by atoms with van der Waals surface area (Å²) in [4.78, 5) is 22.5. The lowest BCUT2D eigenvalue weighted by molar-refractivity contribution is -0.108. The maximum Gasteiger partial charge on any atom is 0.186 e. The number of hydrogen-bond acceptors (Lipinski definition) is 2. The van der Waals surface area contributed by atoms with E-state index >= 15 is 0 Å². The molecule has 0 N–H and O–H groups in total. The van der Waals surface area contributed by atoms with Crippen LogP contribution in [-0.2, 0) is 4.79 Å². The lowest BCUT2D eigenvalue weighted by atomic mass is 9.96. The Morgan fingerprint density at radius 3 is 2.26 bits per heavy atom. The normalized spacial score (nSPS) is 12.6. The Morgan fingerprint density at radius 1 is 1.16 bits per heavy atom. The molecule has 19 heavy (non-hydrogen) atoms. The van der Waals surface area contributed by atoms with Gasteiger partial charge in [-0.15, -0.1) is 0 Å². The van der Waals surface area contributed by atoms with Crippen molar-refractivity contribution in [3.05, 3.63) is 46.5 Å². The first kappa shape index (κ1) is 15.4. The summed E-state index contributed by atoms with van der Waals surface area (Å²) in [6.07, 6.45) is 5.73. The third-order valence-corrected chi connectivity index (χ3v) is 3.23. The number of aldehydes is 1. The van der Waals surface area contributed by atoms with Crippen molar-refractivity contribution in [1.82, 2.24) is 0 Å². The van der Waals surface area contributed by atoms with E-state index in [0.717, 1.165) is 29.4 Å². The van der Waals surface area contributed by atoms with Crippen molar-refractivity contribution in [2.45, 2.75) is 40.5 Å². The molecule has 0 radical (unpaired) electrons. The predicted molar refractivity (Wildman–Crippen MR) is 78.6 cm³/mol. The molecule has 0 saturated carbocycles. The SMILES string of the molecule is Cc1cc(C)c(C(=O)/C=C/C[C@H](C)CC=O)c(C)c1. The Balaban J connectivity index is 2.79. The van der Waals surface area contributed by atoms with Crippen molar-refractivity contribution in [2.75, 3.05) is 0 Å². The van der Waals surface area contributed by atoms with Gasteiger partial charge in [-0.3, -0.25) is 4.79 Å². The molecule has 0 aromatic heterocycles. The van der Waals surface area contributed by atoms with Gasteiger partial charge in [0.15, 0.2) is 5.78 Å². The molecule has 0 spiro atoms. The third-order valence-electron chi connectivity index (χ3n) is 3.23. The summed E-state index contributed by atoms with van der Waals surface area (Å²) >= 11 is 0. The Kier molecular flexibility index (Phi) is 5.68. The summed E-state index contributed by atoms with van der Waals surface area (Å²) < 4.78 is 0. The van der Waals surface area contributed by atoms with Gasteiger partial charge in [0.05, 0.1) is 0 Å². The third kappa shape index (κ3) is 4.47. The van der Waals surface area contributed by atoms with E-state index < -0.39 is 0 Å². The minimum atomic E-state index is 0.0494. The molecular formula is C17H22O2. The Labute approximate surface area is 115 Å². The Morgan fingerprint density at radius 2 is 1.74 bits per heavy atom.